The number of rotatable bonds is 5. The van der Waals surface area contributed by atoms with Crippen molar-refractivity contribution in [1.29, 1.82) is 0 Å². The average molecular weight is 313 g/mol. The zero-order valence-electron chi connectivity index (χ0n) is 11.8. The average Bonchev–Trinajstić information content (AvgIpc) is 2.50. The van der Waals surface area contributed by atoms with Crippen molar-refractivity contribution < 1.29 is 22.7 Å². The van der Waals surface area contributed by atoms with E-state index in [1.807, 2.05) is 0 Å². The predicted molar refractivity (Wildman–Crippen MR) is 74.0 cm³/mol. The van der Waals surface area contributed by atoms with Gasteiger partial charge in [-0.05, 0) is 42.3 Å². The lowest BCUT2D eigenvalue weighted by Crippen LogP contribution is -2.31. The summed E-state index contributed by atoms with van der Waals surface area (Å²) in [5.41, 5.74) is 0.729. The monoisotopic (exact) mass is 313 g/mol. The molecule has 2 atom stereocenters. The number of halogens is 4. The number of nitrogens with one attached hydrogen (secondary N) is 1. The van der Waals surface area contributed by atoms with Gasteiger partial charge in [-0.3, -0.25) is 0 Å². The molecule has 0 saturated heterocycles. The highest BCUT2D eigenvalue weighted by atomic mass is 19.2. The van der Waals surface area contributed by atoms with Crippen LogP contribution >= 0.6 is 0 Å². The van der Waals surface area contributed by atoms with Gasteiger partial charge < -0.3 is 10.4 Å². The Morgan fingerprint density at radius 2 is 1.50 bits per heavy atom. The lowest BCUT2D eigenvalue weighted by molar-refractivity contribution is 0.135. The first-order valence-corrected chi connectivity index (χ1v) is 6.69. The van der Waals surface area contributed by atoms with E-state index >= 15 is 0 Å². The van der Waals surface area contributed by atoms with Gasteiger partial charge in [0.1, 0.15) is 0 Å². The van der Waals surface area contributed by atoms with Crippen LogP contribution in [0.3, 0.4) is 0 Å². The molecular weight excluding hydrogens is 298 g/mol. The van der Waals surface area contributed by atoms with E-state index in [9.17, 15) is 22.7 Å². The summed E-state index contributed by atoms with van der Waals surface area (Å²) in [6.07, 6.45) is -1.07. The zero-order valence-corrected chi connectivity index (χ0v) is 11.8. The molecule has 22 heavy (non-hydrogen) atoms. The maximum absolute atomic E-state index is 13.2. The maximum atomic E-state index is 13.2. The Morgan fingerprint density at radius 1 is 0.909 bits per heavy atom. The fourth-order valence-corrected chi connectivity index (χ4v) is 2.03. The molecule has 0 bridgehead atoms. The first-order chi connectivity index (χ1) is 10.4. The molecule has 0 aliphatic carbocycles. The third kappa shape index (κ3) is 3.84. The lowest BCUT2D eigenvalue weighted by Gasteiger charge is -2.21. The number of hydrogen-bond donors (Lipinski definition) is 2. The predicted octanol–water partition coefficient (Wildman–Crippen LogP) is 3.45. The van der Waals surface area contributed by atoms with E-state index in [1.54, 1.807) is 6.92 Å². The Hall–Kier alpha value is -1.92. The molecule has 6 heteroatoms. The van der Waals surface area contributed by atoms with Crippen molar-refractivity contribution in [3.8, 4) is 0 Å². The third-order valence-corrected chi connectivity index (χ3v) is 3.37. The van der Waals surface area contributed by atoms with Crippen molar-refractivity contribution >= 4 is 0 Å². The summed E-state index contributed by atoms with van der Waals surface area (Å²) in [4.78, 5) is 0. The molecule has 0 fully saturated rings. The number of aliphatic hydroxyl groups excluding tert-OH is 1. The molecule has 0 aliphatic rings. The Morgan fingerprint density at radius 3 is 2.09 bits per heavy atom. The molecule has 2 rings (SSSR count). The van der Waals surface area contributed by atoms with Crippen LogP contribution in [0.5, 0.6) is 0 Å². The summed E-state index contributed by atoms with van der Waals surface area (Å²) in [5.74, 6) is -3.91. The highest BCUT2D eigenvalue weighted by Gasteiger charge is 2.17. The minimum atomic E-state index is -1.07. The summed E-state index contributed by atoms with van der Waals surface area (Å²) >= 11 is 0. The SMILES string of the molecule is CC(NCc1ccc(F)c(F)c1)C(O)c1ccc(F)c(F)c1. The second-order valence-electron chi connectivity index (χ2n) is 5.04. The molecule has 0 aromatic heterocycles. The van der Waals surface area contributed by atoms with Crippen molar-refractivity contribution in [1.82, 2.24) is 5.32 Å². The van der Waals surface area contributed by atoms with Crippen molar-refractivity contribution in [2.24, 2.45) is 0 Å². The molecule has 2 N–H and O–H groups in total. The molecule has 2 aromatic carbocycles. The van der Waals surface area contributed by atoms with Gasteiger partial charge in [-0.2, -0.15) is 0 Å². The van der Waals surface area contributed by atoms with Crippen LogP contribution < -0.4 is 5.32 Å². The first-order valence-electron chi connectivity index (χ1n) is 6.69. The zero-order chi connectivity index (χ0) is 16.3. The van der Waals surface area contributed by atoms with Crippen LogP contribution in [0.25, 0.3) is 0 Å². The van der Waals surface area contributed by atoms with E-state index in [0.717, 1.165) is 24.3 Å². The number of benzene rings is 2. The van der Waals surface area contributed by atoms with Crippen LogP contribution in [0.15, 0.2) is 36.4 Å². The minimum Gasteiger partial charge on any atom is -0.387 e. The van der Waals surface area contributed by atoms with Crippen molar-refractivity contribution in [2.45, 2.75) is 25.6 Å². The van der Waals surface area contributed by atoms with Gasteiger partial charge in [-0.25, -0.2) is 17.6 Å². The molecule has 0 radical (unpaired) electrons. The van der Waals surface area contributed by atoms with Gasteiger partial charge >= 0.3 is 0 Å². The third-order valence-electron chi connectivity index (χ3n) is 3.37. The molecule has 2 nitrogen and oxygen atoms in total. The molecule has 0 heterocycles. The van der Waals surface area contributed by atoms with Gasteiger partial charge in [0.25, 0.3) is 0 Å². The van der Waals surface area contributed by atoms with Gasteiger partial charge in [-0.15, -0.1) is 0 Å². The van der Waals surface area contributed by atoms with Crippen LogP contribution in [-0.2, 0) is 6.54 Å². The van der Waals surface area contributed by atoms with Gasteiger partial charge in [0.15, 0.2) is 23.3 Å². The van der Waals surface area contributed by atoms with E-state index in [0.29, 0.717) is 5.56 Å². The molecular formula is C16H15F4NO. The van der Waals surface area contributed by atoms with Crippen molar-refractivity contribution in [2.75, 3.05) is 0 Å². The Bertz CT molecular complexity index is 663. The first kappa shape index (κ1) is 16.5. The Labute approximate surface area is 125 Å². The highest BCUT2D eigenvalue weighted by Crippen LogP contribution is 2.19. The van der Waals surface area contributed by atoms with E-state index in [-0.39, 0.29) is 12.1 Å². The normalized spacial score (nSPS) is 13.9. The Balaban J connectivity index is 2.00. The quantitative estimate of drug-likeness (QED) is 0.829. The smallest absolute Gasteiger partial charge is 0.159 e. The van der Waals surface area contributed by atoms with Gasteiger partial charge in [0.2, 0.25) is 0 Å². The van der Waals surface area contributed by atoms with Crippen molar-refractivity contribution in [3.63, 3.8) is 0 Å². The fraction of sp³-hybridized carbons (Fsp3) is 0.250. The largest absolute Gasteiger partial charge is 0.387 e. The number of aliphatic hydroxyl groups is 1. The van der Waals surface area contributed by atoms with Gasteiger partial charge in [0.05, 0.1) is 6.10 Å². The minimum absolute atomic E-state index is 0.194. The molecule has 0 aliphatic heterocycles. The standard InChI is InChI=1S/C16H15F4NO/c1-9(16(22)11-3-5-13(18)15(20)7-11)21-8-10-2-4-12(17)14(19)6-10/h2-7,9,16,21-22H,8H2,1H3. The molecule has 118 valence electrons. The number of hydrogen-bond acceptors (Lipinski definition) is 2. The van der Waals surface area contributed by atoms with Gasteiger partial charge in [0, 0.05) is 12.6 Å². The van der Waals surface area contributed by atoms with Crippen LogP contribution in [0.4, 0.5) is 17.6 Å². The van der Waals surface area contributed by atoms with Crippen LogP contribution in [0, 0.1) is 23.3 Å². The summed E-state index contributed by atoms with van der Waals surface area (Å²) in [5, 5.41) is 13.0. The molecule has 0 spiro atoms. The molecule has 2 aromatic rings. The molecule has 0 saturated carbocycles. The fourth-order valence-electron chi connectivity index (χ4n) is 2.03. The highest BCUT2D eigenvalue weighted by molar-refractivity contribution is 5.22. The summed E-state index contributed by atoms with van der Waals surface area (Å²) in [6.45, 7) is 1.84. The maximum Gasteiger partial charge on any atom is 0.159 e. The van der Waals surface area contributed by atoms with Crippen molar-refractivity contribution in [3.05, 3.63) is 70.8 Å². The topological polar surface area (TPSA) is 32.3 Å². The summed E-state index contributed by atoms with van der Waals surface area (Å²) < 4.78 is 51.9. The van der Waals surface area contributed by atoms with E-state index < -0.39 is 35.4 Å². The van der Waals surface area contributed by atoms with E-state index in [2.05, 4.69) is 5.32 Å². The van der Waals surface area contributed by atoms with E-state index in [1.165, 1.54) is 12.1 Å². The second-order valence-corrected chi connectivity index (χ2v) is 5.04. The lowest BCUT2D eigenvalue weighted by atomic mass is 10.0. The summed E-state index contributed by atoms with van der Waals surface area (Å²) in [6, 6.07) is 6.15. The van der Waals surface area contributed by atoms with Crippen LogP contribution in [-0.4, -0.2) is 11.1 Å². The molecule has 0 amide bonds. The second kappa shape index (κ2) is 6.89. The van der Waals surface area contributed by atoms with Gasteiger partial charge in [-0.1, -0.05) is 12.1 Å². The molecule has 2 unspecified atom stereocenters. The summed E-state index contributed by atoms with van der Waals surface area (Å²) in [7, 11) is 0. The Kier molecular flexibility index (Phi) is 5.15. The van der Waals surface area contributed by atoms with Crippen LogP contribution in [0.2, 0.25) is 0 Å². The van der Waals surface area contributed by atoms with E-state index in [4.69, 9.17) is 0 Å². The van der Waals surface area contributed by atoms with Crippen LogP contribution in [0.1, 0.15) is 24.2 Å².